The van der Waals surface area contributed by atoms with Crippen LogP contribution in [0.3, 0.4) is 0 Å². The molecule has 0 radical (unpaired) electrons. The number of carbonyl (C=O) groups excluding carboxylic acids is 3. The van der Waals surface area contributed by atoms with Crippen molar-refractivity contribution in [2.75, 3.05) is 66.9 Å². The number of amides is 2. The van der Waals surface area contributed by atoms with Gasteiger partial charge in [0.25, 0.3) is 5.91 Å². The molecule has 8 heterocycles. The quantitative estimate of drug-likeness (QED) is 0.188. The average Bonchev–Trinajstić information content (AvgIpc) is 3.90. The zero-order chi connectivity index (χ0) is 45.4. The van der Waals surface area contributed by atoms with Crippen molar-refractivity contribution in [3.05, 3.63) is 58.2 Å². The number of pyridine rings is 1. The van der Waals surface area contributed by atoms with Gasteiger partial charge in [0.05, 0.1) is 61.3 Å². The van der Waals surface area contributed by atoms with Crippen molar-refractivity contribution in [1.29, 1.82) is 0 Å². The average molecular weight is 914 g/mol. The summed E-state index contributed by atoms with van der Waals surface area (Å²) in [4.78, 5) is 55.2. The van der Waals surface area contributed by atoms with E-state index in [9.17, 15) is 14.4 Å². The lowest BCUT2D eigenvalue weighted by molar-refractivity contribution is -0.164. The summed E-state index contributed by atoms with van der Waals surface area (Å²) in [6, 6.07) is 8.12. The fourth-order valence-electron chi connectivity index (χ4n) is 9.83. The van der Waals surface area contributed by atoms with Gasteiger partial charge in [-0.2, -0.15) is 0 Å². The predicted molar refractivity (Wildman–Crippen MR) is 244 cm³/mol. The molecule has 0 unspecified atom stereocenters. The van der Waals surface area contributed by atoms with Crippen molar-refractivity contribution in [3.8, 4) is 22.5 Å². The van der Waals surface area contributed by atoms with Gasteiger partial charge in [-0.3, -0.25) is 29.3 Å². The normalized spacial score (nSPS) is 26.2. The minimum atomic E-state index is -1.05. The predicted octanol–water partition coefficient (Wildman–Crippen LogP) is 5.24. The third kappa shape index (κ3) is 9.48. The van der Waals surface area contributed by atoms with Gasteiger partial charge in [0.1, 0.15) is 23.2 Å². The number of carbonyl (C=O) groups is 3. The van der Waals surface area contributed by atoms with E-state index in [-0.39, 0.29) is 42.7 Å². The first kappa shape index (κ1) is 45.8. The lowest BCUT2D eigenvalue weighted by atomic mass is 9.84. The Morgan fingerprint density at radius 1 is 1.11 bits per heavy atom. The number of nitrogens with one attached hydrogen (secondary N) is 2. The standard InChI is InChI=1S/C48H63N7O9S/c1-28-25-63-43(28)44(56)51-40-42(53-23-32(24-53)60-6)45-50-37(26-65-45)30-11-12-38-34(21-30)35(22-48(3,4)27-64-47(58)36-10-8-16-55(52-36)46(40)57)41(33-9-7-15-49-39(33)29(2)59-5)54(38)17-20-62-31-13-18-61-19-14-31/h7,9,11-12,15,21,26,28-29,31-32,36,40,42-43,52H,8,10,13-14,16-20,22-25,27H2,1-6H3,(H,51,56)/t28-,29-,36-,40-,42-,43+/m0/s1. The molecule has 3 aromatic heterocycles. The van der Waals surface area contributed by atoms with Gasteiger partial charge in [0.15, 0.2) is 0 Å². The molecule has 65 heavy (non-hydrogen) atoms. The maximum absolute atomic E-state index is 14.9. The Morgan fingerprint density at radius 2 is 1.92 bits per heavy atom. The second-order valence-corrected chi connectivity index (χ2v) is 19.9. The Labute approximate surface area is 384 Å². The van der Waals surface area contributed by atoms with E-state index >= 15 is 0 Å². The largest absolute Gasteiger partial charge is 0.464 e. The van der Waals surface area contributed by atoms with Crippen LogP contribution in [0.1, 0.15) is 81.8 Å². The summed E-state index contributed by atoms with van der Waals surface area (Å²) >= 11 is 1.47. The molecule has 0 spiro atoms. The zero-order valence-electron chi connectivity index (χ0n) is 38.4. The molecule has 5 aliphatic rings. The molecule has 4 aromatic rings. The van der Waals surface area contributed by atoms with Gasteiger partial charge >= 0.3 is 5.97 Å². The van der Waals surface area contributed by atoms with Crippen LogP contribution in [-0.2, 0) is 55.8 Å². The number of rotatable bonds is 11. The second kappa shape index (κ2) is 19.5. The maximum Gasteiger partial charge on any atom is 0.324 e. The fraction of sp³-hybridized carbons (Fsp3) is 0.604. The van der Waals surface area contributed by atoms with E-state index in [1.807, 2.05) is 25.3 Å². The summed E-state index contributed by atoms with van der Waals surface area (Å²) < 4.78 is 38.0. The number of likely N-dealkylation sites (tertiary alicyclic amines) is 1. The van der Waals surface area contributed by atoms with E-state index in [0.29, 0.717) is 76.9 Å². The highest BCUT2D eigenvalue weighted by Crippen LogP contribution is 2.43. The zero-order valence-corrected chi connectivity index (χ0v) is 39.2. The molecule has 0 saturated carbocycles. The van der Waals surface area contributed by atoms with Crippen LogP contribution in [0, 0.1) is 11.3 Å². The minimum absolute atomic E-state index is 0.00968. The summed E-state index contributed by atoms with van der Waals surface area (Å²) in [5, 5.41) is 8.37. The molecule has 17 heteroatoms. The van der Waals surface area contributed by atoms with Crippen molar-refractivity contribution in [1.82, 2.24) is 35.2 Å². The molecule has 4 fully saturated rings. The lowest BCUT2D eigenvalue weighted by Gasteiger charge is -2.46. The topological polar surface area (TPSA) is 168 Å². The third-order valence-electron chi connectivity index (χ3n) is 13.7. The van der Waals surface area contributed by atoms with E-state index < -0.39 is 35.6 Å². The van der Waals surface area contributed by atoms with Crippen molar-refractivity contribution in [2.24, 2.45) is 11.3 Å². The number of nitrogens with zero attached hydrogens (tertiary/aromatic N) is 5. The van der Waals surface area contributed by atoms with E-state index in [0.717, 1.165) is 57.5 Å². The molecule has 6 atom stereocenters. The van der Waals surface area contributed by atoms with Gasteiger partial charge in [-0.05, 0) is 68.9 Å². The first-order chi connectivity index (χ1) is 31.4. The first-order valence-corrected chi connectivity index (χ1v) is 24.0. The molecule has 16 nitrogen and oxygen atoms in total. The van der Waals surface area contributed by atoms with E-state index in [4.69, 9.17) is 38.4 Å². The lowest BCUT2D eigenvalue weighted by Crippen LogP contribution is -2.66. The van der Waals surface area contributed by atoms with Crippen molar-refractivity contribution >= 4 is 40.0 Å². The number of hydrogen-bond donors (Lipinski definition) is 2. The molecule has 2 amide bonds. The summed E-state index contributed by atoms with van der Waals surface area (Å²) in [6.45, 7) is 12.8. The molecule has 6 bridgehead atoms. The number of hydrazine groups is 1. The van der Waals surface area contributed by atoms with E-state index in [2.05, 4.69) is 58.3 Å². The third-order valence-corrected chi connectivity index (χ3v) is 14.6. The van der Waals surface area contributed by atoms with E-state index in [1.54, 1.807) is 20.4 Å². The SMILES string of the molecule is COC1CN([C@@H]2c3nc(cs3)-c3ccc4c(c3)c(c(-c3cccnc3[C@H](C)OC)n4CCOC3CCOCC3)CC(C)(C)COC(=O)[C@@H]3CCCN(N3)C(=O)[C@H]2NC(=O)[C@@H]2OC[C@@H]2C)C1. The van der Waals surface area contributed by atoms with Crippen LogP contribution in [0.5, 0.6) is 0 Å². The van der Waals surface area contributed by atoms with E-state index in [1.165, 1.54) is 16.3 Å². The highest BCUT2D eigenvalue weighted by molar-refractivity contribution is 7.10. The van der Waals surface area contributed by atoms with Crippen LogP contribution in [0.4, 0.5) is 0 Å². The fourth-order valence-corrected chi connectivity index (χ4v) is 10.8. The number of fused-ring (bicyclic) bond motifs is 6. The van der Waals surface area contributed by atoms with Crippen LogP contribution in [0.25, 0.3) is 33.4 Å². The number of ether oxygens (including phenoxy) is 6. The monoisotopic (exact) mass is 913 g/mol. The van der Waals surface area contributed by atoms with Gasteiger partial charge in [0.2, 0.25) is 5.91 Å². The molecular weight excluding hydrogens is 851 g/mol. The van der Waals surface area contributed by atoms with Gasteiger partial charge in [-0.25, -0.2) is 10.4 Å². The minimum Gasteiger partial charge on any atom is -0.464 e. The Hall–Kier alpha value is -4.33. The summed E-state index contributed by atoms with van der Waals surface area (Å²) in [5.41, 5.74) is 9.28. The number of methoxy groups -OCH3 is 2. The van der Waals surface area contributed by atoms with Crippen LogP contribution in [0.2, 0.25) is 0 Å². The molecule has 5 aliphatic heterocycles. The maximum atomic E-state index is 14.9. The molecule has 4 saturated heterocycles. The van der Waals surface area contributed by atoms with Gasteiger partial charge in [0, 0.05) is 98.6 Å². The second-order valence-electron chi connectivity index (χ2n) is 19.0. The number of cyclic esters (lactones) is 1. The van der Waals surface area contributed by atoms with Crippen molar-refractivity contribution in [3.63, 3.8) is 0 Å². The van der Waals surface area contributed by atoms with Gasteiger partial charge < -0.3 is 38.3 Å². The highest BCUT2D eigenvalue weighted by atomic mass is 32.1. The van der Waals surface area contributed by atoms with Crippen LogP contribution < -0.4 is 10.7 Å². The summed E-state index contributed by atoms with van der Waals surface area (Å²) in [5.74, 6) is -1.13. The Balaban J connectivity index is 1.19. The number of aromatic nitrogens is 3. The Morgan fingerprint density at radius 3 is 2.66 bits per heavy atom. The van der Waals surface area contributed by atoms with Gasteiger partial charge in [-0.15, -0.1) is 11.3 Å². The summed E-state index contributed by atoms with van der Waals surface area (Å²) in [6.07, 6.45) is 4.31. The molecule has 9 rings (SSSR count). The summed E-state index contributed by atoms with van der Waals surface area (Å²) in [7, 11) is 3.38. The van der Waals surface area contributed by atoms with Crippen LogP contribution in [0.15, 0.2) is 41.9 Å². The van der Waals surface area contributed by atoms with Crippen LogP contribution >= 0.6 is 11.3 Å². The molecular formula is C48H63N7O9S. The molecule has 0 aliphatic carbocycles. The van der Waals surface area contributed by atoms with Crippen molar-refractivity contribution in [2.45, 2.75) is 109 Å². The Bertz CT molecular complexity index is 2360. The number of thiazole rings is 1. The first-order valence-electron chi connectivity index (χ1n) is 23.1. The van der Waals surface area contributed by atoms with Crippen molar-refractivity contribution < 1.29 is 42.8 Å². The molecule has 2 N–H and O–H groups in total. The van der Waals surface area contributed by atoms with Crippen LogP contribution in [-0.4, -0.2) is 140 Å². The smallest absolute Gasteiger partial charge is 0.324 e. The highest BCUT2D eigenvalue weighted by Gasteiger charge is 2.47. The van der Waals surface area contributed by atoms with Gasteiger partial charge in [-0.1, -0.05) is 26.8 Å². The number of benzene rings is 1. The Kier molecular flexibility index (Phi) is 13.7. The number of esters is 1. The molecule has 1 aromatic carbocycles. The number of hydrogen-bond acceptors (Lipinski definition) is 14. The molecule has 350 valence electrons.